The number of nitrogens with zero attached hydrogens (tertiary/aromatic N) is 2. The van der Waals surface area contributed by atoms with Crippen LogP contribution in [-0.2, 0) is 19.6 Å². The fourth-order valence-corrected chi connectivity index (χ4v) is 5.34. The molecule has 0 bridgehead atoms. The molecule has 1 aromatic carbocycles. The van der Waals surface area contributed by atoms with Gasteiger partial charge in [0.15, 0.2) is 0 Å². The predicted molar refractivity (Wildman–Crippen MR) is 90.2 cm³/mol. The van der Waals surface area contributed by atoms with Crippen LogP contribution >= 0.6 is 0 Å². The Kier molecular flexibility index (Phi) is 4.94. The van der Waals surface area contributed by atoms with Crippen LogP contribution in [0.15, 0.2) is 23.1 Å². The smallest absolute Gasteiger partial charge is 0.244 e. The summed E-state index contributed by atoms with van der Waals surface area (Å²) in [5, 5.41) is 0. The van der Waals surface area contributed by atoms with E-state index >= 15 is 0 Å². The van der Waals surface area contributed by atoms with Crippen molar-refractivity contribution in [3.8, 4) is 0 Å². The zero-order chi connectivity index (χ0) is 17.3. The van der Waals surface area contributed by atoms with Gasteiger partial charge in [0.05, 0.1) is 18.1 Å². The van der Waals surface area contributed by atoms with E-state index in [-0.39, 0.29) is 5.91 Å². The molecule has 3 rings (SSSR count). The SMILES string of the molecule is Cc1ccc(S(=O)(=O)N2CCC[C@H]2C(=O)N2CCOCC2)c(C)c1. The van der Waals surface area contributed by atoms with E-state index in [9.17, 15) is 13.2 Å². The minimum absolute atomic E-state index is 0.0934. The maximum absolute atomic E-state index is 13.1. The van der Waals surface area contributed by atoms with Crippen molar-refractivity contribution in [1.29, 1.82) is 0 Å². The summed E-state index contributed by atoms with van der Waals surface area (Å²) >= 11 is 0. The van der Waals surface area contributed by atoms with Crippen molar-refractivity contribution >= 4 is 15.9 Å². The molecule has 2 aliphatic rings. The van der Waals surface area contributed by atoms with E-state index in [1.165, 1.54) is 4.31 Å². The molecule has 0 saturated carbocycles. The van der Waals surface area contributed by atoms with Gasteiger partial charge in [-0.1, -0.05) is 17.7 Å². The molecule has 6 nitrogen and oxygen atoms in total. The molecule has 0 radical (unpaired) electrons. The van der Waals surface area contributed by atoms with E-state index in [0.29, 0.717) is 50.6 Å². The fraction of sp³-hybridized carbons (Fsp3) is 0.588. The Labute approximate surface area is 143 Å². The highest BCUT2D eigenvalue weighted by molar-refractivity contribution is 7.89. The lowest BCUT2D eigenvalue weighted by Crippen LogP contribution is -2.51. The molecule has 0 unspecified atom stereocenters. The minimum Gasteiger partial charge on any atom is -0.378 e. The molecule has 0 spiro atoms. The molecule has 2 aliphatic heterocycles. The van der Waals surface area contributed by atoms with Gasteiger partial charge in [-0.15, -0.1) is 0 Å². The molecular weight excluding hydrogens is 328 g/mol. The molecule has 2 saturated heterocycles. The first-order valence-corrected chi connectivity index (χ1v) is 9.81. The van der Waals surface area contributed by atoms with Gasteiger partial charge in [-0.3, -0.25) is 4.79 Å². The highest BCUT2D eigenvalue weighted by Crippen LogP contribution is 2.29. The first-order valence-electron chi connectivity index (χ1n) is 8.37. The molecule has 7 heteroatoms. The Morgan fingerprint density at radius 1 is 1.17 bits per heavy atom. The zero-order valence-corrected chi connectivity index (χ0v) is 15.0. The molecular formula is C17H24N2O4S. The molecule has 1 aromatic rings. The monoisotopic (exact) mass is 352 g/mol. The van der Waals surface area contributed by atoms with Crippen molar-refractivity contribution in [2.24, 2.45) is 0 Å². The lowest BCUT2D eigenvalue weighted by atomic mass is 10.2. The van der Waals surface area contributed by atoms with Gasteiger partial charge in [0, 0.05) is 19.6 Å². The Hall–Kier alpha value is -1.44. The summed E-state index contributed by atoms with van der Waals surface area (Å²) < 4.78 is 32.9. The van der Waals surface area contributed by atoms with Crippen LogP contribution in [0.1, 0.15) is 24.0 Å². The minimum atomic E-state index is -3.66. The summed E-state index contributed by atoms with van der Waals surface area (Å²) in [6.07, 6.45) is 1.30. The molecule has 1 atom stereocenters. The van der Waals surface area contributed by atoms with Crippen LogP contribution in [0.2, 0.25) is 0 Å². The Morgan fingerprint density at radius 3 is 2.54 bits per heavy atom. The number of rotatable bonds is 3. The van der Waals surface area contributed by atoms with Gasteiger partial charge >= 0.3 is 0 Å². The van der Waals surface area contributed by atoms with Gasteiger partial charge in [0.1, 0.15) is 6.04 Å². The third-order valence-electron chi connectivity index (χ3n) is 4.73. The molecule has 132 valence electrons. The van der Waals surface area contributed by atoms with Crippen molar-refractivity contribution in [2.45, 2.75) is 37.6 Å². The Bertz CT molecular complexity index is 726. The number of morpholine rings is 1. The second kappa shape index (κ2) is 6.82. The first kappa shape index (κ1) is 17.4. The van der Waals surface area contributed by atoms with E-state index in [4.69, 9.17) is 4.74 Å². The molecule has 0 aromatic heterocycles. The van der Waals surface area contributed by atoms with Gasteiger partial charge in [0.2, 0.25) is 15.9 Å². The topological polar surface area (TPSA) is 66.9 Å². The maximum Gasteiger partial charge on any atom is 0.244 e. The number of benzene rings is 1. The van der Waals surface area contributed by atoms with Crippen molar-refractivity contribution in [2.75, 3.05) is 32.8 Å². The molecule has 2 fully saturated rings. The van der Waals surface area contributed by atoms with Crippen LogP contribution < -0.4 is 0 Å². The van der Waals surface area contributed by atoms with Crippen LogP contribution in [0.3, 0.4) is 0 Å². The summed E-state index contributed by atoms with van der Waals surface area (Å²) in [5.74, 6) is -0.0934. The van der Waals surface area contributed by atoms with Crippen molar-refractivity contribution in [3.05, 3.63) is 29.3 Å². The summed E-state index contributed by atoms with van der Waals surface area (Å²) in [5.41, 5.74) is 1.74. The Morgan fingerprint density at radius 2 is 1.88 bits per heavy atom. The lowest BCUT2D eigenvalue weighted by molar-refractivity contribution is -0.138. The largest absolute Gasteiger partial charge is 0.378 e. The predicted octanol–water partition coefficient (Wildman–Crippen LogP) is 1.32. The third kappa shape index (κ3) is 3.20. The van der Waals surface area contributed by atoms with E-state index in [0.717, 1.165) is 11.1 Å². The van der Waals surface area contributed by atoms with E-state index < -0.39 is 16.1 Å². The number of aryl methyl sites for hydroxylation is 2. The van der Waals surface area contributed by atoms with Crippen molar-refractivity contribution in [3.63, 3.8) is 0 Å². The van der Waals surface area contributed by atoms with Crippen LogP contribution in [0.4, 0.5) is 0 Å². The van der Waals surface area contributed by atoms with Crippen LogP contribution in [0.5, 0.6) is 0 Å². The Balaban J connectivity index is 1.87. The molecule has 24 heavy (non-hydrogen) atoms. The lowest BCUT2D eigenvalue weighted by Gasteiger charge is -2.32. The van der Waals surface area contributed by atoms with E-state index in [2.05, 4.69) is 0 Å². The summed E-state index contributed by atoms with van der Waals surface area (Å²) in [4.78, 5) is 14.8. The van der Waals surface area contributed by atoms with Crippen LogP contribution in [0.25, 0.3) is 0 Å². The van der Waals surface area contributed by atoms with Gasteiger partial charge in [-0.05, 0) is 38.3 Å². The molecule has 0 N–H and O–H groups in total. The van der Waals surface area contributed by atoms with Crippen molar-refractivity contribution < 1.29 is 17.9 Å². The highest BCUT2D eigenvalue weighted by Gasteiger charge is 2.41. The second-order valence-electron chi connectivity index (χ2n) is 6.48. The summed E-state index contributed by atoms with van der Waals surface area (Å²) in [6, 6.07) is 4.72. The van der Waals surface area contributed by atoms with Crippen LogP contribution in [-0.4, -0.2) is 62.4 Å². The number of hydrogen-bond donors (Lipinski definition) is 0. The van der Waals surface area contributed by atoms with Gasteiger partial charge in [0.25, 0.3) is 0 Å². The second-order valence-corrected chi connectivity index (χ2v) is 8.34. The highest BCUT2D eigenvalue weighted by atomic mass is 32.2. The van der Waals surface area contributed by atoms with Gasteiger partial charge < -0.3 is 9.64 Å². The quantitative estimate of drug-likeness (QED) is 0.823. The number of carbonyl (C=O) groups is 1. The van der Waals surface area contributed by atoms with Crippen LogP contribution in [0, 0.1) is 13.8 Å². The number of amides is 1. The fourth-order valence-electron chi connectivity index (χ4n) is 3.48. The average molecular weight is 352 g/mol. The number of hydrogen-bond acceptors (Lipinski definition) is 4. The summed E-state index contributed by atoms with van der Waals surface area (Å²) in [7, 11) is -3.66. The number of sulfonamides is 1. The first-order chi connectivity index (χ1) is 11.4. The third-order valence-corrected chi connectivity index (χ3v) is 6.80. The van der Waals surface area contributed by atoms with E-state index in [1.54, 1.807) is 24.0 Å². The van der Waals surface area contributed by atoms with E-state index in [1.807, 2.05) is 13.0 Å². The zero-order valence-electron chi connectivity index (χ0n) is 14.2. The van der Waals surface area contributed by atoms with Gasteiger partial charge in [-0.2, -0.15) is 4.31 Å². The molecule has 0 aliphatic carbocycles. The van der Waals surface area contributed by atoms with Gasteiger partial charge in [-0.25, -0.2) is 8.42 Å². The summed E-state index contributed by atoms with van der Waals surface area (Å²) in [6.45, 7) is 6.24. The average Bonchev–Trinajstić information content (AvgIpc) is 3.05. The number of carbonyl (C=O) groups excluding carboxylic acids is 1. The number of ether oxygens (including phenoxy) is 1. The normalized spacial score (nSPS) is 22.8. The van der Waals surface area contributed by atoms with Crippen molar-refractivity contribution in [1.82, 2.24) is 9.21 Å². The molecule has 2 heterocycles. The maximum atomic E-state index is 13.1. The molecule has 1 amide bonds. The standard InChI is InChI=1S/C17H24N2O4S/c1-13-5-6-16(14(2)12-13)24(21,22)19-7-3-4-15(19)17(20)18-8-10-23-11-9-18/h5-6,12,15H,3-4,7-11H2,1-2H3/t15-/m0/s1.